The number of carbonyl (C=O) groups is 2. The number of piperazine rings is 1. The first-order valence-electron chi connectivity index (χ1n) is 11.3. The molecule has 2 aliphatic rings. The molecule has 1 saturated carbocycles. The number of nitrogens with zero attached hydrogens (tertiary/aromatic N) is 3. The van der Waals surface area contributed by atoms with Crippen LogP contribution in [0.25, 0.3) is 0 Å². The summed E-state index contributed by atoms with van der Waals surface area (Å²) in [5.74, 6) is 0.222. The summed E-state index contributed by atoms with van der Waals surface area (Å²) in [6.07, 6.45) is 8.22. The average Bonchev–Trinajstić information content (AvgIpc) is 3.33. The van der Waals surface area contributed by atoms with E-state index >= 15 is 0 Å². The van der Waals surface area contributed by atoms with E-state index in [1.165, 1.54) is 30.6 Å². The molecule has 1 saturated heterocycles. The van der Waals surface area contributed by atoms with E-state index in [2.05, 4.69) is 15.6 Å². The van der Waals surface area contributed by atoms with Crippen LogP contribution in [0.5, 0.6) is 0 Å². The zero-order chi connectivity index (χ0) is 23.2. The van der Waals surface area contributed by atoms with Crippen LogP contribution in [0, 0.1) is 5.92 Å². The van der Waals surface area contributed by atoms with Crippen LogP contribution >= 0.6 is 35.2 Å². The summed E-state index contributed by atoms with van der Waals surface area (Å²) in [7, 11) is 0. The number of thiocarbonyl (C=S) groups is 1. The molecule has 0 bridgehead atoms. The minimum Gasteiger partial charge on any atom is -0.338 e. The van der Waals surface area contributed by atoms with Gasteiger partial charge in [0, 0.05) is 35.4 Å². The summed E-state index contributed by atoms with van der Waals surface area (Å²) in [5, 5.41) is 9.60. The van der Waals surface area contributed by atoms with Gasteiger partial charge in [-0.25, -0.2) is 4.98 Å². The van der Waals surface area contributed by atoms with E-state index in [1.54, 1.807) is 23.2 Å². The lowest BCUT2D eigenvalue weighted by Crippen LogP contribution is -2.59. The first-order valence-corrected chi connectivity index (χ1v) is 13.0. The van der Waals surface area contributed by atoms with Crippen LogP contribution in [-0.2, 0) is 9.59 Å². The maximum Gasteiger partial charge on any atom is 0.248 e. The van der Waals surface area contributed by atoms with Crippen molar-refractivity contribution in [2.75, 3.05) is 30.3 Å². The molecule has 1 aliphatic heterocycles. The Labute approximate surface area is 208 Å². The van der Waals surface area contributed by atoms with Crippen molar-refractivity contribution in [2.45, 2.75) is 44.6 Å². The number of carbonyl (C=O) groups excluding carboxylic acids is 2. The van der Waals surface area contributed by atoms with Crippen molar-refractivity contribution in [2.24, 2.45) is 5.92 Å². The normalized spacial score (nSPS) is 18.2. The molecule has 1 atom stereocenters. The fourth-order valence-corrected chi connectivity index (χ4v) is 5.44. The lowest BCUT2D eigenvalue weighted by molar-refractivity contribution is -0.142. The van der Waals surface area contributed by atoms with Crippen LogP contribution in [0.15, 0.2) is 35.8 Å². The molecular formula is C23H28ClN5O2S2. The van der Waals surface area contributed by atoms with Gasteiger partial charge in [-0.2, -0.15) is 0 Å². The van der Waals surface area contributed by atoms with Gasteiger partial charge in [0.2, 0.25) is 11.8 Å². The fourth-order valence-electron chi connectivity index (χ4n) is 4.51. The van der Waals surface area contributed by atoms with Crippen LogP contribution in [-0.4, -0.2) is 57.4 Å². The van der Waals surface area contributed by atoms with Crippen molar-refractivity contribution in [3.05, 3.63) is 40.9 Å². The summed E-state index contributed by atoms with van der Waals surface area (Å²) in [6, 6.07) is 6.76. The summed E-state index contributed by atoms with van der Waals surface area (Å²) >= 11 is 12.9. The number of halogens is 1. The smallest absolute Gasteiger partial charge is 0.248 e. The molecule has 10 heteroatoms. The van der Waals surface area contributed by atoms with Crippen molar-refractivity contribution < 1.29 is 9.59 Å². The summed E-state index contributed by atoms with van der Waals surface area (Å²) in [6.45, 7) is 1.16. The first-order chi connectivity index (χ1) is 16.0. The average molecular weight is 506 g/mol. The maximum absolute atomic E-state index is 13.2. The van der Waals surface area contributed by atoms with Crippen LogP contribution in [0.4, 0.5) is 10.8 Å². The molecule has 2 aromatic rings. The lowest BCUT2D eigenvalue weighted by Gasteiger charge is -2.40. The Hall–Kier alpha value is -2.23. The van der Waals surface area contributed by atoms with Crippen molar-refractivity contribution in [3.63, 3.8) is 0 Å². The second-order valence-electron chi connectivity index (χ2n) is 8.53. The Kier molecular flexibility index (Phi) is 8.16. The van der Waals surface area contributed by atoms with Gasteiger partial charge in [-0.15, -0.1) is 11.3 Å². The molecule has 4 rings (SSSR count). The van der Waals surface area contributed by atoms with Gasteiger partial charge in [0.1, 0.15) is 6.04 Å². The maximum atomic E-state index is 13.2. The lowest BCUT2D eigenvalue weighted by atomic mass is 9.84. The Bertz CT molecular complexity index is 964. The van der Waals surface area contributed by atoms with E-state index in [1.807, 2.05) is 22.4 Å². The number of amides is 2. The monoisotopic (exact) mass is 505 g/mol. The number of rotatable bonds is 6. The highest BCUT2D eigenvalue weighted by Gasteiger charge is 2.36. The number of thiazole rings is 1. The zero-order valence-corrected chi connectivity index (χ0v) is 20.7. The van der Waals surface area contributed by atoms with Crippen molar-refractivity contribution >= 4 is 62.9 Å². The molecule has 33 heavy (non-hydrogen) atoms. The van der Waals surface area contributed by atoms with Gasteiger partial charge in [-0.3, -0.25) is 9.59 Å². The minimum atomic E-state index is -0.496. The molecule has 2 fully saturated rings. The SMILES string of the molecule is O=C(Nc1nccs1)[C@H](CC1CCCCC1)N1CCN(C(=S)Nc2ccc(Cl)cc2)CC1=O. The third-order valence-corrected chi connectivity index (χ3v) is 7.56. The van der Waals surface area contributed by atoms with Gasteiger partial charge in [0.15, 0.2) is 10.2 Å². The summed E-state index contributed by atoms with van der Waals surface area (Å²) < 4.78 is 0. The molecule has 176 valence electrons. The van der Waals surface area contributed by atoms with Crippen molar-refractivity contribution in [3.8, 4) is 0 Å². The predicted octanol–water partition coefficient (Wildman–Crippen LogP) is 4.62. The molecule has 1 aromatic heterocycles. The van der Waals surface area contributed by atoms with E-state index in [-0.39, 0.29) is 18.4 Å². The Morgan fingerprint density at radius 3 is 2.61 bits per heavy atom. The van der Waals surface area contributed by atoms with Gasteiger partial charge in [-0.1, -0.05) is 43.7 Å². The zero-order valence-electron chi connectivity index (χ0n) is 18.3. The molecule has 0 spiro atoms. The predicted molar refractivity (Wildman–Crippen MR) is 137 cm³/mol. The number of benzene rings is 1. The third-order valence-electron chi connectivity index (χ3n) is 6.26. The standard InChI is InChI=1S/C23H28ClN5O2S2/c24-17-6-8-18(9-7-17)26-23(32)28-11-12-29(20(30)15-28)19(14-16-4-2-1-3-5-16)21(31)27-22-25-10-13-33-22/h6-10,13,16,19H,1-5,11-12,14-15H2,(H,26,32)(H,25,27,31)/t19-/m0/s1. The number of aromatic nitrogens is 1. The first kappa shape index (κ1) is 23.9. The summed E-state index contributed by atoms with van der Waals surface area (Å²) in [5.41, 5.74) is 0.817. The highest BCUT2D eigenvalue weighted by Crippen LogP contribution is 2.30. The molecular weight excluding hydrogens is 478 g/mol. The molecule has 2 heterocycles. The largest absolute Gasteiger partial charge is 0.338 e. The van der Waals surface area contributed by atoms with Crippen molar-refractivity contribution in [1.29, 1.82) is 0 Å². The van der Waals surface area contributed by atoms with E-state index in [0.717, 1.165) is 18.5 Å². The summed E-state index contributed by atoms with van der Waals surface area (Å²) in [4.78, 5) is 34.1. The Morgan fingerprint density at radius 1 is 1.18 bits per heavy atom. The van der Waals surface area contributed by atoms with Crippen LogP contribution < -0.4 is 10.6 Å². The Morgan fingerprint density at radius 2 is 1.94 bits per heavy atom. The second-order valence-corrected chi connectivity index (χ2v) is 10.2. The second kappa shape index (κ2) is 11.3. The van der Waals surface area contributed by atoms with Crippen LogP contribution in [0.2, 0.25) is 5.02 Å². The molecule has 1 aromatic carbocycles. The van der Waals surface area contributed by atoms with Crippen LogP contribution in [0.3, 0.4) is 0 Å². The van der Waals surface area contributed by atoms with Crippen LogP contribution in [0.1, 0.15) is 38.5 Å². The molecule has 1 aliphatic carbocycles. The number of hydrogen-bond donors (Lipinski definition) is 2. The van der Waals surface area contributed by atoms with Crippen molar-refractivity contribution in [1.82, 2.24) is 14.8 Å². The van der Waals surface area contributed by atoms with Gasteiger partial charge in [0.25, 0.3) is 0 Å². The van der Waals surface area contributed by atoms with Gasteiger partial charge in [-0.05, 0) is 48.8 Å². The van der Waals surface area contributed by atoms with Gasteiger partial charge in [0.05, 0.1) is 6.54 Å². The van der Waals surface area contributed by atoms with Gasteiger partial charge < -0.3 is 20.4 Å². The number of hydrogen-bond acceptors (Lipinski definition) is 5. The van der Waals surface area contributed by atoms with E-state index in [4.69, 9.17) is 23.8 Å². The number of anilines is 2. The Balaban J connectivity index is 1.41. The van der Waals surface area contributed by atoms with E-state index in [9.17, 15) is 9.59 Å². The topological polar surface area (TPSA) is 77.6 Å². The van der Waals surface area contributed by atoms with Gasteiger partial charge >= 0.3 is 0 Å². The quantitative estimate of drug-likeness (QED) is 0.558. The molecule has 2 amide bonds. The highest BCUT2D eigenvalue weighted by atomic mass is 35.5. The molecule has 7 nitrogen and oxygen atoms in total. The number of nitrogens with one attached hydrogen (secondary N) is 2. The van der Waals surface area contributed by atoms with E-state index < -0.39 is 6.04 Å². The third kappa shape index (κ3) is 6.43. The highest BCUT2D eigenvalue weighted by molar-refractivity contribution is 7.80. The molecule has 2 N–H and O–H groups in total. The minimum absolute atomic E-state index is 0.0865. The molecule has 0 radical (unpaired) electrons. The molecule has 0 unspecified atom stereocenters. The van der Waals surface area contributed by atoms with E-state index in [0.29, 0.717) is 40.7 Å². The fraction of sp³-hybridized carbons (Fsp3) is 0.478.